The molecule has 3 aromatic heterocycles. The second-order valence-corrected chi connectivity index (χ2v) is 27.9. The van der Waals surface area contributed by atoms with Gasteiger partial charge in [0.15, 0.2) is 0 Å². The number of aromatic amines is 2. The molecular weight excluding hydrogens is 1770 g/mol. The molecule has 0 amide bonds. The van der Waals surface area contributed by atoms with Crippen molar-refractivity contribution in [2.24, 2.45) is 0 Å². The summed E-state index contributed by atoms with van der Waals surface area (Å²) in [6.07, 6.45) is 0. The maximum atomic E-state index is 12.5. The Hall–Kier alpha value is -15.8. The number of ether oxygens (including phenoxy) is 10. The van der Waals surface area contributed by atoms with Gasteiger partial charge in [-0.2, -0.15) is 26.3 Å². The monoisotopic (exact) mass is 1840 g/mol. The molecule has 128 heavy (non-hydrogen) atoms. The molecule has 0 saturated heterocycles. The molecule has 0 saturated carbocycles. The van der Waals surface area contributed by atoms with E-state index in [4.69, 9.17) is 159 Å². The van der Waals surface area contributed by atoms with Gasteiger partial charge in [0.2, 0.25) is 17.1 Å². The van der Waals surface area contributed by atoms with E-state index in [1.807, 2.05) is 78.9 Å². The van der Waals surface area contributed by atoms with E-state index in [2.05, 4.69) is 53.3 Å². The summed E-state index contributed by atoms with van der Waals surface area (Å²) in [7, 11) is 1.60. The maximum Gasteiger partial charge on any atom is 0.364 e. The highest BCUT2D eigenvalue weighted by atomic mass is 35.5. The number of carbonyl (C=O) groups excluding carboxylic acids is 2. The van der Waals surface area contributed by atoms with E-state index in [-0.39, 0.29) is 90.0 Å². The first-order valence-corrected chi connectivity index (χ1v) is 39.9. The first kappa shape index (κ1) is 96.1. The van der Waals surface area contributed by atoms with Crippen LogP contribution in [0.5, 0.6) is 80.9 Å². The van der Waals surface area contributed by atoms with Gasteiger partial charge in [-0.3, -0.25) is 0 Å². The third kappa shape index (κ3) is 29.8. The van der Waals surface area contributed by atoms with Gasteiger partial charge in [0, 0.05) is 36.2 Å². The van der Waals surface area contributed by atoms with Gasteiger partial charge in [-0.1, -0.05) is 157 Å². The molecule has 0 radical (unpaired) electrons. The number of halogens is 6. The Bertz CT molecular complexity index is 6300. The van der Waals surface area contributed by atoms with Crippen molar-refractivity contribution in [3.63, 3.8) is 0 Å². The minimum absolute atomic E-state index is 0.0110. The van der Waals surface area contributed by atoms with Gasteiger partial charge >= 0.3 is 17.9 Å². The highest BCUT2D eigenvalue weighted by Crippen LogP contribution is 2.38. The summed E-state index contributed by atoms with van der Waals surface area (Å²) in [6, 6.07) is 75.9. The summed E-state index contributed by atoms with van der Waals surface area (Å²) in [5.74, 6) is 1.26. The zero-order chi connectivity index (χ0) is 91.9. The number of H-pyrrole nitrogens is 2. The van der Waals surface area contributed by atoms with Crippen molar-refractivity contribution in [1.29, 1.82) is 26.3 Å². The Morgan fingerprint density at radius 3 is 1.10 bits per heavy atom. The molecule has 31 nitrogen and oxygen atoms in total. The highest BCUT2D eigenvalue weighted by molar-refractivity contribution is 6.33. The fourth-order valence-corrected chi connectivity index (χ4v) is 11.2. The van der Waals surface area contributed by atoms with Crippen LogP contribution in [0.3, 0.4) is 0 Å². The first-order valence-electron chi connectivity index (χ1n) is 37.5. The van der Waals surface area contributed by atoms with Crippen LogP contribution in [0.15, 0.2) is 237 Å². The largest absolute Gasteiger partial charge is 0.508 e. The van der Waals surface area contributed by atoms with E-state index >= 15 is 0 Å². The number of benzene rings is 11. The zero-order valence-corrected chi connectivity index (χ0v) is 71.9. The van der Waals surface area contributed by atoms with Crippen LogP contribution in [-0.2, 0) is 48.3 Å². The number of aromatic nitrogens is 9. The number of esters is 2. The number of methoxy groups -OCH3 is 1. The van der Waals surface area contributed by atoms with Crippen LogP contribution < -0.4 is 37.9 Å². The van der Waals surface area contributed by atoms with Crippen molar-refractivity contribution < 1.29 is 82.2 Å². The lowest BCUT2D eigenvalue weighted by Crippen LogP contribution is -2.09. The number of alkyl halides is 1. The number of hydrogen-bond donors (Lipinski definition) is 6. The molecule has 0 spiro atoms. The van der Waals surface area contributed by atoms with Crippen molar-refractivity contribution in [1.82, 2.24) is 45.8 Å². The number of aromatic hydroxyl groups is 3. The maximum absolute atomic E-state index is 12.5. The van der Waals surface area contributed by atoms with Gasteiger partial charge in [0.25, 0.3) is 17.6 Å². The van der Waals surface area contributed by atoms with E-state index < -0.39 is 17.9 Å². The molecule has 3 heterocycles. The fourth-order valence-electron chi connectivity index (χ4n) is 10.2. The van der Waals surface area contributed by atoms with Crippen LogP contribution in [0.2, 0.25) is 25.1 Å². The summed E-state index contributed by atoms with van der Waals surface area (Å²) in [4.78, 5) is 35.4. The minimum atomic E-state index is -1.24. The van der Waals surface area contributed by atoms with Crippen molar-refractivity contribution in [2.75, 3.05) is 20.3 Å². The third-order valence-electron chi connectivity index (χ3n) is 16.7. The number of carbonyl (C=O) groups is 3. The predicted octanol–water partition coefficient (Wildman–Crippen LogP) is 20.2. The van der Waals surface area contributed by atoms with E-state index in [1.54, 1.807) is 160 Å². The van der Waals surface area contributed by atoms with Gasteiger partial charge in [-0.15, -0.1) is 16.7 Å². The van der Waals surface area contributed by atoms with Gasteiger partial charge in [0.05, 0.1) is 110 Å². The zero-order valence-electron chi connectivity index (χ0n) is 67.4. The van der Waals surface area contributed by atoms with Gasteiger partial charge in [0.1, 0.15) is 89.7 Å². The molecule has 0 fully saturated rings. The van der Waals surface area contributed by atoms with E-state index in [0.717, 1.165) is 39.1 Å². The summed E-state index contributed by atoms with van der Waals surface area (Å²) in [5.41, 5.74) is 8.14. The SMILES string of the molecule is CCOC(=O)c1[nH]nnc1Oc1ccc(Cl)c(OCc2ccc(C#N)cc2)c1.CCOC(=O)c1nnn(Cc2ccc(OC)cc2)c1Oc1ccc(Cl)c(OCc2ccc(C#N)cc2)c1.N#Cc1ccc(CCl)cc1.N#Cc1ccc(COc2cc(O)ccc2Cl)cc1.N#Cc1ccc(COc2cc(Oc3nn[nH]c3C(=O)O)ccc2Cl)cc1.Oc1ccc(Cl)c(O)c1. The summed E-state index contributed by atoms with van der Waals surface area (Å²) in [5, 5.41) is 109. The number of rotatable bonds is 27. The van der Waals surface area contributed by atoms with E-state index in [0.29, 0.717) is 107 Å². The smallest absolute Gasteiger partial charge is 0.364 e. The molecule has 648 valence electrons. The highest BCUT2D eigenvalue weighted by Gasteiger charge is 2.26. The number of phenolic OH excluding ortho intramolecular Hbond substituents is 3. The lowest BCUT2D eigenvalue weighted by atomic mass is 10.2. The van der Waals surface area contributed by atoms with Crippen molar-refractivity contribution in [3.05, 3.63) is 340 Å². The number of phenols is 3. The number of aromatic carboxylic acids is 1. The molecule has 0 unspecified atom stereocenters. The molecule has 14 aromatic rings. The number of hydrogen-bond acceptors (Lipinski definition) is 27. The van der Waals surface area contributed by atoms with Crippen LogP contribution in [0.25, 0.3) is 0 Å². The fraction of sp³-hybridized carbons (Fsp3) is 0.121. The van der Waals surface area contributed by atoms with E-state index in [9.17, 15) is 19.5 Å². The number of nitrogens with one attached hydrogen (secondary N) is 2. The van der Waals surface area contributed by atoms with Gasteiger partial charge < -0.3 is 67.8 Å². The number of carboxylic acids is 1. The van der Waals surface area contributed by atoms with Crippen LogP contribution in [0.4, 0.5) is 0 Å². The standard InChI is InChI=1S/C27H23ClN4O5.C19H15ClN4O4.C17H11ClN4O4.C14H10ClNO2.C8H6ClN.C6H5ClO2/c1-3-35-27(33)25-26(32(31-30-25)16-19-8-10-21(34-2)11-9-19)37-22-12-13-23(28)24(14-22)36-17-20-6-4-18(15-29)5-7-20;1-2-26-19(25)17-18(23-24-22-17)28-14-7-8-15(20)16(9-14)27-11-13-5-3-12(10-21)4-6-13;18-13-6-5-12(26-16-15(17(23)24)20-22-21-16)7-14(13)25-9-11-3-1-10(8-19)2-4-11;15-13-6-5-12(17)7-14(13)18-9-11-3-1-10(8-16)2-4-11;9-5-7-1-3-8(6-10)4-2-7;7-5-2-1-4(8)3-6(5)9/h4-14H,3,16-17H2,1-2H3;3-9H,2,11H2,1H3,(H,22,23,24);1-7H,9H2,(H,23,24)(H,20,21,22);1-7,17H,9H2;1-4H,5H2;1-3,8-9H. The molecule has 0 bridgehead atoms. The average Bonchev–Trinajstić information content (AvgIpc) is 1.66. The van der Waals surface area contributed by atoms with Crippen LogP contribution in [0.1, 0.15) is 107 Å². The van der Waals surface area contributed by atoms with Crippen molar-refractivity contribution in [2.45, 2.75) is 52.7 Å². The van der Waals surface area contributed by atoms with Gasteiger partial charge in [-0.05, 0) is 181 Å². The Labute approximate surface area is 761 Å². The Morgan fingerprint density at radius 2 is 0.734 bits per heavy atom. The minimum Gasteiger partial charge on any atom is -0.508 e. The Morgan fingerprint density at radius 1 is 0.398 bits per heavy atom. The molecule has 0 aliphatic carbocycles. The number of carboxylic acid groups (broad SMARTS) is 1. The number of nitrogens with zero attached hydrogens (tertiary/aromatic N) is 12. The summed E-state index contributed by atoms with van der Waals surface area (Å²) in [6.45, 7) is 5.14. The molecular formula is C91H70Cl6N14O17. The van der Waals surface area contributed by atoms with Crippen LogP contribution in [-0.4, -0.2) is 104 Å². The second-order valence-electron chi connectivity index (χ2n) is 25.6. The molecule has 0 aliphatic heterocycles. The molecule has 11 aromatic carbocycles. The number of nitriles is 5. The van der Waals surface area contributed by atoms with Crippen molar-refractivity contribution in [3.8, 4) is 111 Å². The lowest BCUT2D eigenvalue weighted by Gasteiger charge is -2.13. The predicted molar refractivity (Wildman–Crippen MR) is 469 cm³/mol. The summed E-state index contributed by atoms with van der Waals surface area (Å²) < 4.78 is 56.7. The van der Waals surface area contributed by atoms with Gasteiger partial charge in [-0.25, -0.2) is 29.3 Å². The van der Waals surface area contributed by atoms with Crippen molar-refractivity contribution >= 4 is 87.5 Å². The molecule has 0 atom stereocenters. The first-order chi connectivity index (χ1) is 61.9. The molecule has 0 aliphatic rings. The topological polar surface area (TPSA) is 457 Å². The summed E-state index contributed by atoms with van der Waals surface area (Å²) >= 11 is 35.5. The third-order valence-corrected chi connectivity index (χ3v) is 18.6. The lowest BCUT2D eigenvalue weighted by molar-refractivity contribution is 0.0506. The Kier molecular flexibility index (Phi) is 37.2. The normalized spacial score (nSPS) is 10.0. The van der Waals surface area contributed by atoms with E-state index in [1.165, 1.54) is 41.1 Å². The Balaban J connectivity index is 0.000000183. The molecule has 37 heteroatoms. The quantitative estimate of drug-likeness (QED) is 0.0206. The van der Waals surface area contributed by atoms with Crippen LogP contribution in [0, 0.1) is 56.7 Å². The second kappa shape index (κ2) is 49.5. The molecule has 14 rings (SSSR count). The average molecular weight is 1840 g/mol. The molecule has 6 N–H and O–H groups in total. The van der Waals surface area contributed by atoms with Crippen LogP contribution >= 0.6 is 69.6 Å².